The van der Waals surface area contributed by atoms with Crippen molar-refractivity contribution < 1.29 is 0 Å². The van der Waals surface area contributed by atoms with Crippen LogP contribution in [0.5, 0.6) is 0 Å². The van der Waals surface area contributed by atoms with Gasteiger partial charge in [0.1, 0.15) is 18.0 Å². The third kappa shape index (κ3) is 2.13. The van der Waals surface area contributed by atoms with E-state index in [9.17, 15) is 0 Å². The normalized spacial score (nSPS) is 17.6. The molecule has 0 atom stereocenters. The quantitative estimate of drug-likeness (QED) is 0.762. The van der Waals surface area contributed by atoms with Gasteiger partial charge in [0.05, 0.1) is 0 Å². The van der Waals surface area contributed by atoms with Gasteiger partial charge in [-0.15, -0.1) is 0 Å². The predicted molar refractivity (Wildman–Crippen MR) is 57.4 cm³/mol. The topological polar surface area (TPSA) is 49.8 Å². The van der Waals surface area contributed by atoms with Crippen molar-refractivity contribution in [2.45, 2.75) is 19.8 Å². The highest BCUT2D eigenvalue weighted by Crippen LogP contribution is 2.44. The van der Waals surface area contributed by atoms with Gasteiger partial charge in [0.2, 0.25) is 0 Å². The van der Waals surface area contributed by atoms with E-state index in [0.29, 0.717) is 5.41 Å². The number of hydrogen-bond acceptors (Lipinski definition) is 4. The van der Waals surface area contributed by atoms with Crippen LogP contribution in [0.3, 0.4) is 0 Å². The SMILES string of the molecule is CNc1cc(NCC2(C)CC2)ncn1. The molecule has 1 heterocycles. The number of anilines is 2. The molecule has 4 nitrogen and oxygen atoms in total. The summed E-state index contributed by atoms with van der Waals surface area (Å²) in [5.41, 5.74) is 0.505. The van der Waals surface area contributed by atoms with Crippen LogP contribution in [-0.4, -0.2) is 23.6 Å². The van der Waals surface area contributed by atoms with Gasteiger partial charge in [-0.25, -0.2) is 9.97 Å². The lowest BCUT2D eigenvalue weighted by Crippen LogP contribution is -2.12. The van der Waals surface area contributed by atoms with Crippen molar-refractivity contribution in [1.82, 2.24) is 9.97 Å². The van der Waals surface area contributed by atoms with E-state index in [-0.39, 0.29) is 0 Å². The summed E-state index contributed by atoms with van der Waals surface area (Å²) in [6.07, 6.45) is 4.22. The third-order valence-electron chi connectivity index (χ3n) is 2.72. The van der Waals surface area contributed by atoms with Gasteiger partial charge in [0, 0.05) is 19.7 Å². The van der Waals surface area contributed by atoms with Crippen LogP contribution in [0.2, 0.25) is 0 Å². The molecule has 76 valence electrons. The maximum absolute atomic E-state index is 4.16. The Morgan fingerprint density at radius 3 is 2.71 bits per heavy atom. The summed E-state index contributed by atoms with van der Waals surface area (Å²) in [7, 11) is 1.86. The molecule has 1 fully saturated rings. The number of hydrogen-bond donors (Lipinski definition) is 2. The van der Waals surface area contributed by atoms with E-state index in [1.165, 1.54) is 12.8 Å². The van der Waals surface area contributed by atoms with Gasteiger partial charge in [0.15, 0.2) is 0 Å². The molecule has 0 aliphatic heterocycles. The Labute approximate surface area is 84.2 Å². The Bertz CT molecular complexity index is 320. The molecular weight excluding hydrogens is 176 g/mol. The monoisotopic (exact) mass is 192 g/mol. The van der Waals surface area contributed by atoms with Crippen LogP contribution in [0.15, 0.2) is 12.4 Å². The maximum Gasteiger partial charge on any atom is 0.131 e. The first-order valence-electron chi connectivity index (χ1n) is 4.96. The first kappa shape index (κ1) is 9.24. The van der Waals surface area contributed by atoms with Gasteiger partial charge in [-0.1, -0.05) is 6.92 Å². The van der Waals surface area contributed by atoms with Crippen LogP contribution in [0, 0.1) is 5.41 Å². The highest BCUT2D eigenvalue weighted by atomic mass is 15.1. The molecule has 0 bridgehead atoms. The summed E-state index contributed by atoms with van der Waals surface area (Å²) >= 11 is 0. The van der Waals surface area contributed by atoms with Crippen molar-refractivity contribution in [3.63, 3.8) is 0 Å². The fourth-order valence-electron chi connectivity index (χ4n) is 1.28. The molecule has 1 saturated carbocycles. The second-order valence-corrected chi connectivity index (χ2v) is 4.20. The van der Waals surface area contributed by atoms with Crippen molar-refractivity contribution >= 4 is 11.6 Å². The molecule has 2 rings (SSSR count). The molecule has 14 heavy (non-hydrogen) atoms. The minimum absolute atomic E-state index is 0.505. The minimum atomic E-state index is 0.505. The van der Waals surface area contributed by atoms with Gasteiger partial charge in [0.25, 0.3) is 0 Å². The average molecular weight is 192 g/mol. The molecule has 0 radical (unpaired) electrons. The van der Waals surface area contributed by atoms with Crippen LogP contribution in [0.25, 0.3) is 0 Å². The first-order valence-corrected chi connectivity index (χ1v) is 4.96. The summed E-state index contributed by atoms with van der Waals surface area (Å²) < 4.78 is 0. The molecule has 1 aromatic rings. The number of nitrogens with one attached hydrogen (secondary N) is 2. The first-order chi connectivity index (χ1) is 6.72. The standard InChI is InChI=1S/C10H16N4/c1-10(3-4-10)6-12-9-5-8(11-2)13-7-14-9/h5,7H,3-4,6H2,1-2H3,(H2,11,12,13,14). The van der Waals surface area contributed by atoms with Gasteiger partial charge in [-0.2, -0.15) is 0 Å². The van der Waals surface area contributed by atoms with E-state index in [4.69, 9.17) is 0 Å². The summed E-state index contributed by atoms with van der Waals surface area (Å²) in [5.74, 6) is 1.75. The molecule has 1 aliphatic rings. The minimum Gasteiger partial charge on any atom is -0.373 e. The van der Waals surface area contributed by atoms with Crippen molar-refractivity contribution in [3.05, 3.63) is 12.4 Å². The van der Waals surface area contributed by atoms with Gasteiger partial charge < -0.3 is 10.6 Å². The summed E-state index contributed by atoms with van der Waals surface area (Å²) in [4.78, 5) is 8.21. The van der Waals surface area contributed by atoms with Crippen LogP contribution in [-0.2, 0) is 0 Å². The van der Waals surface area contributed by atoms with E-state index in [1.807, 2.05) is 13.1 Å². The smallest absolute Gasteiger partial charge is 0.131 e. The number of nitrogens with zero attached hydrogens (tertiary/aromatic N) is 2. The molecule has 1 aromatic heterocycles. The third-order valence-corrected chi connectivity index (χ3v) is 2.72. The summed E-state index contributed by atoms with van der Waals surface area (Å²) in [5, 5.41) is 6.32. The Kier molecular flexibility index (Phi) is 2.27. The lowest BCUT2D eigenvalue weighted by molar-refractivity contribution is 0.609. The van der Waals surface area contributed by atoms with Crippen LogP contribution in [0.1, 0.15) is 19.8 Å². The molecular formula is C10H16N4. The van der Waals surface area contributed by atoms with Gasteiger partial charge >= 0.3 is 0 Å². The lowest BCUT2D eigenvalue weighted by atomic mass is 10.1. The van der Waals surface area contributed by atoms with Crippen molar-refractivity contribution in [1.29, 1.82) is 0 Å². The zero-order chi connectivity index (χ0) is 10.0. The second kappa shape index (κ2) is 3.44. The van der Waals surface area contributed by atoms with Gasteiger partial charge in [-0.3, -0.25) is 0 Å². The molecule has 0 aromatic carbocycles. The van der Waals surface area contributed by atoms with Gasteiger partial charge in [-0.05, 0) is 18.3 Å². The highest BCUT2D eigenvalue weighted by molar-refractivity contribution is 5.46. The van der Waals surface area contributed by atoms with E-state index < -0.39 is 0 Å². The molecule has 2 N–H and O–H groups in total. The van der Waals surface area contributed by atoms with E-state index >= 15 is 0 Å². The molecule has 0 amide bonds. The average Bonchev–Trinajstić information content (AvgIpc) is 2.95. The van der Waals surface area contributed by atoms with Crippen molar-refractivity contribution in [2.24, 2.45) is 5.41 Å². The maximum atomic E-state index is 4.16. The Morgan fingerprint density at radius 2 is 2.07 bits per heavy atom. The zero-order valence-corrected chi connectivity index (χ0v) is 8.67. The highest BCUT2D eigenvalue weighted by Gasteiger charge is 2.36. The van der Waals surface area contributed by atoms with E-state index in [1.54, 1.807) is 6.33 Å². The van der Waals surface area contributed by atoms with Crippen molar-refractivity contribution in [3.8, 4) is 0 Å². The zero-order valence-electron chi connectivity index (χ0n) is 8.67. The molecule has 0 saturated heterocycles. The number of aromatic nitrogens is 2. The molecule has 4 heteroatoms. The Morgan fingerprint density at radius 1 is 1.36 bits per heavy atom. The number of rotatable bonds is 4. The van der Waals surface area contributed by atoms with Crippen LogP contribution in [0.4, 0.5) is 11.6 Å². The molecule has 0 unspecified atom stereocenters. The largest absolute Gasteiger partial charge is 0.373 e. The lowest BCUT2D eigenvalue weighted by Gasteiger charge is -2.10. The fourth-order valence-corrected chi connectivity index (χ4v) is 1.28. The Hall–Kier alpha value is -1.32. The predicted octanol–water partition coefficient (Wildman–Crippen LogP) is 1.73. The molecule has 1 aliphatic carbocycles. The van der Waals surface area contributed by atoms with E-state index in [2.05, 4.69) is 27.5 Å². The van der Waals surface area contributed by atoms with Crippen LogP contribution >= 0.6 is 0 Å². The van der Waals surface area contributed by atoms with Crippen molar-refractivity contribution in [2.75, 3.05) is 24.2 Å². The second-order valence-electron chi connectivity index (χ2n) is 4.20. The fraction of sp³-hybridized carbons (Fsp3) is 0.600. The van der Waals surface area contributed by atoms with E-state index in [0.717, 1.165) is 18.2 Å². The summed E-state index contributed by atoms with van der Waals surface area (Å²) in [6, 6.07) is 1.92. The summed E-state index contributed by atoms with van der Waals surface area (Å²) in [6.45, 7) is 3.30. The van der Waals surface area contributed by atoms with Crippen LogP contribution < -0.4 is 10.6 Å². The Balaban J connectivity index is 1.94. The molecule has 0 spiro atoms.